The molecule has 0 spiro atoms. The molecule has 0 aliphatic rings. The Balaban J connectivity index is 1.52. The van der Waals surface area contributed by atoms with E-state index in [1.165, 1.54) is 35.6 Å². The van der Waals surface area contributed by atoms with Crippen LogP contribution >= 0.6 is 11.3 Å². The van der Waals surface area contributed by atoms with Crippen molar-refractivity contribution in [2.45, 2.75) is 13.3 Å². The first-order chi connectivity index (χ1) is 13.9. The molecule has 3 amide bonds. The van der Waals surface area contributed by atoms with Crippen LogP contribution in [0.2, 0.25) is 0 Å². The van der Waals surface area contributed by atoms with Gasteiger partial charge in [0.25, 0.3) is 0 Å². The molecule has 7 nitrogen and oxygen atoms in total. The van der Waals surface area contributed by atoms with E-state index in [-0.39, 0.29) is 18.1 Å². The standard InChI is InChI=1S/C20H19FN4O3S/c1-12-9-15(7-8-17(12)28-2)22-18(26)10-16-11-29-20(24-16)25-19(27)23-14-5-3-13(21)4-6-14/h3-9,11H,10H2,1-2H3,(H,22,26)(H2,23,24,25,27). The van der Waals surface area contributed by atoms with E-state index in [9.17, 15) is 14.0 Å². The summed E-state index contributed by atoms with van der Waals surface area (Å²) in [6, 6.07) is 10.3. The smallest absolute Gasteiger partial charge is 0.325 e. The number of nitrogens with one attached hydrogen (secondary N) is 3. The van der Waals surface area contributed by atoms with Crippen LogP contribution in [-0.4, -0.2) is 24.0 Å². The molecule has 1 heterocycles. The third-order valence-corrected chi connectivity index (χ3v) is 4.70. The molecule has 29 heavy (non-hydrogen) atoms. The highest BCUT2D eigenvalue weighted by Crippen LogP contribution is 2.22. The Hall–Kier alpha value is -3.46. The van der Waals surface area contributed by atoms with E-state index in [0.717, 1.165) is 11.3 Å². The molecule has 3 aromatic rings. The first-order valence-corrected chi connectivity index (χ1v) is 9.53. The minimum absolute atomic E-state index is 0.0723. The fourth-order valence-corrected chi connectivity index (χ4v) is 3.27. The van der Waals surface area contributed by atoms with Gasteiger partial charge in [-0.2, -0.15) is 0 Å². The van der Waals surface area contributed by atoms with Gasteiger partial charge in [0.05, 0.1) is 19.2 Å². The van der Waals surface area contributed by atoms with Gasteiger partial charge in [-0.1, -0.05) is 0 Å². The number of rotatable bonds is 6. The van der Waals surface area contributed by atoms with E-state index in [0.29, 0.717) is 22.2 Å². The third kappa shape index (κ3) is 5.76. The van der Waals surface area contributed by atoms with Crippen molar-refractivity contribution in [2.24, 2.45) is 0 Å². The number of ether oxygens (including phenoxy) is 1. The zero-order valence-corrected chi connectivity index (χ0v) is 16.6. The maximum Gasteiger partial charge on any atom is 0.325 e. The monoisotopic (exact) mass is 414 g/mol. The second-order valence-electron chi connectivity index (χ2n) is 6.14. The number of anilines is 3. The number of aromatic nitrogens is 1. The number of urea groups is 1. The normalized spacial score (nSPS) is 10.3. The van der Waals surface area contributed by atoms with Crippen molar-refractivity contribution in [3.8, 4) is 5.75 Å². The summed E-state index contributed by atoms with van der Waals surface area (Å²) >= 11 is 1.21. The number of halogens is 1. The minimum Gasteiger partial charge on any atom is -0.496 e. The number of amides is 3. The topological polar surface area (TPSA) is 92.4 Å². The molecule has 2 aromatic carbocycles. The maximum absolute atomic E-state index is 12.9. The summed E-state index contributed by atoms with van der Waals surface area (Å²) in [6.45, 7) is 1.89. The fourth-order valence-electron chi connectivity index (χ4n) is 2.56. The SMILES string of the molecule is COc1ccc(NC(=O)Cc2csc(NC(=O)Nc3ccc(F)cc3)n2)cc1C. The number of carbonyl (C=O) groups excluding carboxylic acids is 2. The first-order valence-electron chi connectivity index (χ1n) is 8.65. The number of nitrogens with zero attached hydrogens (tertiary/aromatic N) is 1. The van der Waals surface area contributed by atoms with E-state index >= 15 is 0 Å². The van der Waals surface area contributed by atoms with E-state index in [1.807, 2.05) is 13.0 Å². The lowest BCUT2D eigenvalue weighted by molar-refractivity contribution is -0.115. The van der Waals surface area contributed by atoms with Gasteiger partial charge >= 0.3 is 6.03 Å². The quantitative estimate of drug-likeness (QED) is 0.557. The highest BCUT2D eigenvalue weighted by Gasteiger charge is 2.11. The molecule has 150 valence electrons. The molecule has 0 saturated carbocycles. The Morgan fingerprint density at radius 1 is 1.07 bits per heavy atom. The summed E-state index contributed by atoms with van der Waals surface area (Å²) in [5.41, 5.74) is 2.57. The van der Waals surface area contributed by atoms with Crippen molar-refractivity contribution in [1.29, 1.82) is 0 Å². The molecule has 3 rings (SSSR count). The molecule has 0 unspecified atom stereocenters. The Bertz CT molecular complexity index is 1020. The molecule has 0 fully saturated rings. The van der Waals surface area contributed by atoms with Crippen molar-refractivity contribution < 1.29 is 18.7 Å². The number of aryl methyl sites for hydroxylation is 1. The van der Waals surface area contributed by atoms with Crippen LogP contribution in [0.4, 0.5) is 25.7 Å². The molecule has 3 N–H and O–H groups in total. The van der Waals surface area contributed by atoms with Gasteiger partial charge in [0.15, 0.2) is 5.13 Å². The van der Waals surface area contributed by atoms with Crippen LogP contribution in [-0.2, 0) is 11.2 Å². The summed E-state index contributed by atoms with van der Waals surface area (Å²) in [6.07, 6.45) is 0.0723. The van der Waals surface area contributed by atoms with Crippen molar-refractivity contribution >= 4 is 39.8 Å². The molecule has 1 aromatic heterocycles. The van der Waals surface area contributed by atoms with Gasteiger partial charge in [-0.15, -0.1) is 11.3 Å². The summed E-state index contributed by atoms with van der Waals surface area (Å²) in [5.74, 6) is 0.142. The predicted octanol–water partition coefficient (Wildman–Crippen LogP) is 4.42. The molecule has 9 heteroatoms. The van der Waals surface area contributed by atoms with Crippen LogP contribution in [0, 0.1) is 12.7 Å². The lowest BCUT2D eigenvalue weighted by atomic mass is 10.2. The van der Waals surface area contributed by atoms with Gasteiger partial charge in [-0.3, -0.25) is 10.1 Å². The Morgan fingerprint density at radius 3 is 2.48 bits per heavy atom. The third-order valence-electron chi connectivity index (χ3n) is 3.89. The van der Waals surface area contributed by atoms with Gasteiger partial charge in [0.1, 0.15) is 11.6 Å². The van der Waals surface area contributed by atoms with Crippen molar-refractivity contribution in [1.82, 2.24) is 4.98 Å². The molecule has 0 radical (unpaired) electrons. The Morgan fingerprint density at radius 2 is 1.79 bits per heavy atom. The molecule has 0 bridgehead atoms. The van der Waals surface area contributed by atoms with E-state index < -0.39 is 6.03 Å². The van der Waals surface area contributed by atoms with Gasteiger partial charge < -0.3 is 15.4 Å². The van der Waals surface area contributed by atoms with Crippen LogP contribution in [0.5, 0.6) is 5.75 Å². The first kappa shape index (κ1) is 20.3. The number of thiazole rings is 1. The van der Waals surface area contributed by atoms with E-state index in [4.69, 9.17) is 4.74 Å². The lowest BCUT2D eigenvalue weighted by Gasteiger charge is -2.08. The Kier molecular flexibility index (Phi) is 6.40. The van der Waals surface area contributed by atoms with Crippen molar-refractivity contribution in [3.63, 3.8) is 0 Å². The summed E-state index contributed by atoms with van der Waals surface area (Å²) in [5, 5.41) is 10.0. The summed E-state index contributed by atoms with van der Waals surface area (Å²) in [4.78, 5) is 28.5. The molecular formula is C20H19FN4O3S. The second kappa shape index (κ2) is 9.16. The van der Waals surface area contributed by atoms with Crippen molar-refractivity contribution in [3.05, 3.63) is 64.9 Å². The Labute approximate surface area is 170 Å². The zero-order valence-electron chi connectivity index (χ0n) is 15.8. The number of hydrogen-bond acceptors (Lipinski definition) is 5. The van der Waals surface area contributed by atoms with Gasteiger partial charge in [0, 0.05) is 16.8 Å². The maximum atomic E-state index is 12.9. The van der Waals surface area contributed by atoms with Gasteiger partial charge in [-0.05, 0) is 55.0 Å². The average molecular weight is 414 g/mol. The largest absolute Gasteiger partial charge is 0.496 e. The minimum atomic E-state index is -0.504. The van der Waals surface area contributed by atoms with E-state index in [2.05, 4.69) is 20.9 Å². The second-order valence-corrected chi connectivity index (χ2v) is 7.00. The highest BCUT2D eigenvalue weighted by atomic mass is 32.1. The predicted molar refractivity (Wildman–Crippen MR) is 111 cm³/mol. The number of methoxy groups -OCH3 is 1. The number of benzene rings is 2. The highest BCUT2D eigenvalue weighted by molar-refractivity contribution is 7.14. The van der Waals surface area contributed by atoms with Crippen LogP contribution in [0.15, 0.2) is 47.8 Å². The van der Waals surface area contributed by atoms with Gasteiger partial charge in [-0.25, -0.2) is 14.2 Å². The van der Waals surface area contributed by atoms with Gasteiger partial charge in [0.2, 0.25) is 5.91 Å². The number of hydrogen-bond donors (Lipinski definition) is 3. The molecule has 0 saturated heterocycles. The molecule has 0 aliphatic carbocycles. The molecule has 0 aliphatic heterocycles. The van der Waals surface area contributed by atoms with Crippen molar-refractivity contribution in [2.75, 3.05) is 23.1 Å². The lowest BCUT2D eigenvalue weighted by Crippen LogP contribution is -2.19. The molecule has 0 atom stereocenters. The zero-order chi connectivity index (χ0) is 20.8. The van der Waals surface area contributed by atoms with Crippen LogP contribution in [0.1, 0.15) is 11.3 Å². The number of carbonyl (C=O) groups is 2. The fraction of sp³-hybridized carbons (Fsp3) is 0.150. The summed E-state index contributed by atoms with van der Waals surface area (Å²) in [7, 11) is 1.59. The summed E-state index contributed by atoms with van der Waals surface area (Å²) < 4.78 is 18.1. The van der Waals surface area contributed by atoms with Crippen LogP contribution in [0.25, 0.3) is 0 Å². The molecular weight excluding hydrogens is 395 g/mol. The van der Waals surface area contributed by atoms with E-state index in [1.54, 1.807) is 24.6 Å². The average Bonchev–Trinajstić information content (AvgIpc) is 3.10. The van der Waals surface area contributed by atoms with Crippen LogP contribution in [0.3, 0.4) is 0 Å². The van der Waals surface area contributed by atoms with Crippen LogP contribution < -0.4 is 20.7 Å².